The highest BCUT2D eigenvalue weighted by molar-refractivity contribution is 5.76. The molecule has 0 spiro atoms. The third-order valence-corrected chi connectivity index (χ3v) is 1.44. The smallest absolute Gasteiger partial charge is 0.291 e. The highest BCUT2D eigenvalue weighted by Gasteiger charge is 1.84. The summed E-state index contributed by atoms with van der Waals surface area (Å²) in [5.74, 6) is 0.0137. The van der Waals surface area contributed by atoms with Crippen molar-refractivity contribution < 1.29 is 10.3 Å². The van der Waals surface area contributed by atoms with Crippen molar-refractivity contribution in [3.63, 3.8) is 0 Å². The minimum Gasteiger partial charge on any atom is -0.369 e. The molecule has 0 radical (unpaired) electrons. The molecular formula is C8H19N5O3. The Morgan fingerprint density at radius 2 is 2.00 bits per heavy atom. The van der Waals surface area contributed by atoms with Crippen molar-refractivity contribution in [1.82, 2.24) is 0 Å². The van der Waals surface area contributed by atoms with Crippen molar-refractivity contribution >= 4 is 12.2 Å². The van der Waals surface area contributed by atoms with Gasteiger partial charge in [0.15, 0.2) is 0 Å². The van der Waals surface area contributed by atoms with Crippen molar-refractivity contribution in [1.29, 1.82) is 0 Å². The molecule has 0 amide bonds. The molecule has 0 atom stereocenters. The summed E-state index contributed by atoms with van der Waals surface area (Å²) >= 11 is 0. The molecule has 0 aliphatic heterocycles. The quantitative estimate of drug-likeness (QED) is 0.205. The summed E-state index contributed by atoms with van der Waals surface area (Å²) in [5.41, 5.74) is 10.1. The fourth-order valence-corrected chi connectivity index (χ4v) is 0.828. The summed E-state index contributed by atoms with van der Waals surface area (Å²) in [4.78, 5) is 8.36. The maximum absolute atomic E-state index is 8.36. The van der Waals surface area contributed by atoms with Crippen LogP contribution in [0.25, 0.3) is 0 Å². The van der Waals surface area contributed by atoms with Gasteiger partial charge >= 0.3 is 0 Å². The predicted octanol–water partition coefficient (Wildman–Crippen LogP) is 0.868. The number of rotatable bonds is 6. The van der Waals surface area contributed by atoms with Gasteiger partial charge in [0.2, 0.25) is 5.96 Å². The van der Waals surface area contributed by atoms with E-state index < -0.39 is 5.09 Å². The van der Waals surface area contributed by atoms with Crippen molar-refractivity contribution in [3.8, 4) is 0 Å². The van der Waals surface area contributed by atoms with E-state index in [4.69, 9.17) is 26.8 Å². The molecule has 94 valence electrons. The molecule has 0 aromatic rings. The summed E-state index contributed by atoms with van der Waals surface area (Å²) in [6.07, 6.45) is 7.66. The maximum atomic E-state index is 8.36. The van der Waals surface area contributed by atoms with Crippen LogP contribution in [0.1, 0.15) is 39.0 Å². The molecular weight excluding hydrogens is 214 g/mol. The lowest BCUT2D eigenvalue weighted by Gasteiger charge is -1.92. The first-order valence-corrected chi connectivity index (χ1v) is 4.94. The monoisotopic (exact) mass is 233 g/mol. The van der Waals surface area contributed by atoms with Gasteiger partial charge in [0, 0.05) is 6.21 Å². The zero-order valence-corrected chi connectivity index (χ0v) is 9.37. The van der Waals surface area contributed by atoms with E-state index in [1.54, 1.807) is 6.21 Å². The number of hydrogen-bond donors (Lipinski definition) is 3. The first kappa shape index (κ1) is 16.6. The molecule has 0 unspecified atom stereocenters. The Hall–Kier alpha value is -1.86. The summed E-state index contributed by atoms with van der Waals surface area (Å²) in [6, 6.07) is 0. The van der Waals surface area contributed by atoms with E-state index in [1.807, 2.05) is 0 Å². The molecule has 0 aromatic heterocycles. The topological polar surface area (TPSA) is 140 Å². The van der Waals surface area contributed by atoms with Gasteiger partial charge in [-0.3, -0.25) is 0 Å². The molecule has 16 heavy (non-hydrogen) atoms. The lowest BCUT2D eigenvalue weighted by Crippen LogP contribution is -2.21. The van der Waals surface area contributed by atoms with Gasteiger partial charge in [0.05, 0.1) is 0 Å². The van der Waals surface area contributed by atoms with Gasteiger partial charge < -0.3 is 16.7 Å². The van der Waals surface area contributed by atoms with Gasteiger partial charge in [-0.25, -0.2) is 0 Å². The fourth-order valence-electron chi connectivity index (χ4n) is 0.828. The second-order valence-corrected chi connectivity index (χ2v) is 2.91. The summed E-state index contributed by atoms with van der Waals surface area (Å²) < 4.78 is 0. The lowest BCUT2D eigenvalue weighted by atomic mass is 10.2. The highest BCUT2D eigenvalue weighted by atomic mass is 16.9. The molecule has 5 N–H and O–H groups in total. The van der Waals surface area contributed by atoms with Gasteiger partial charge in [-0.05, 0) is 12.8 Å². The second kappa shape index (κ2) is 13.1. The van der Waals surface area contributed by atoms with Crippen LogP contribution in [0.3, 0.4) is 0 Å². The van der Waals surface area contributed by atoms with Crippen molar-refractivity contribution in [2.75, 3.05) is 0 Å². The van der Waals surface area contributed by atoms with Crippen molar-refractivity contribution in [2.24, 2.45) is 21.7 Å². The predicted molar refractivity (Wildman–Crippen MR) is 61.8 cm³/mol. The normalized spacial score (nSPS) is 9.31. The van der Waals surface area contributed by atoms with E-state index in [9.17, 15) is 0 Å². The number of hydrogen-bond acceptors (Lipinski definition) is 4. The standard InChI is InChI=1S/C8H18N4.HNO3/c1-2-3-4-5-6-7-11-12-8(9)10;2-1(3)4/h7H,2-6H2,1H3,(H4,9,10,12);(H,2,3,4)/b11-7-;. The van der Waals surface area contributed by atoms with Crippen molar-refractivity contribution in [2.45, 2.75) is 39.0 Å². The molecule has 8 heteroatoms. The SMILES string of the molecule is CCCCCC/C=N\N=C(N)N.O=[N+]([O-])O. The van der Waals surface area contributed by atoms with Crippen LogP contribution in [0.4, 0.5) is 0 Å². The van der Waals surface area contributed by atoms with Crippen LogP contribution in [-0.2, 0) is 0 Å². The van der Waals surface area contributed by atoms with Gasteiger partial charge in [0.1, 0.15) is 0 Å². The van der Waals surface area contributed by atoms with Crippen LogP contribution in [0, 0.1) is 10.1 Å². The molecule has 0 bridgehead atoms. The Kier molecular flexibility index (Phi) is 13.6. The third-order valence-electron chi connectivity index (χ3n) is 1.44. The summed E-state index contributed by atoms with van der Waals surface area (Å²) in [7, 11) is 0. The Morgan fingerprint density at radius 1 is 1.44 bits per heavy atom. The van der Waals surface area contributed by atoms with Crippen LogP contribution in [-0.4, -0.2) is 22.5 Å². The second-order valence-electron chi connectivity index (χ2n) is 2.91. The van der Waals surface area contributed by atoms with E-state index in [0.717, 1.165) is 12.8 Å². The Balaban J connectivity index is 0. The zero-order valence-electron chi connectivity index (χ0n) is 9.37. The van der Waals surface area contributed by atoms with Crippen molar-refractivity contribution in [3.05, 3.63) is 10.1 Å². The third kappa shape index (κ3) is 29.6. The maximum Gasteiger partial charge on any atom is 0.291 e. The van der Waals surface area contributed by atoms with Gasteiger partial charge in [-0.1, -0.05) is 26.2 Å². The van der Waals surface area contributed by atoms with Gasteiger partial charge in [-0.15, -0.1) is 15.2 Å². The van der Waals surface area contributed by atoms with Crippen LogP contribution in [0.5, 0.6) is 0 Å². The molecule has 0 rings (SSSR count). The summed E-state index contributed by atoms with van der Waals surface area (Å²) in [5, 5.41) is 20.8. The van der Waals surface area contributed by atoms with Crippen LogP contribution in [0.2, 0.25) is 0 Å². The average Bonchev–Trinajstić information content (AvgIpc) is 2.15. The Labute approximate surface area is 94.1 Å². The van der Waals surface area contributed by atoms with Gasteiger partial charge in [0.25, 0.3) is 5.09 Å². The highest BCUT2D eigenvalue weighted by Crippen LogP contribution is 2.00. The van der Waals surface area contributed by atoms with Crippen LogP contribution >= 0.6 is 0 Å². The van der Waals surface area contributed by atoms with Crippen LogP contribution < -0.4 is 11.5 Å². The first-order valence-electron chi connectivity index (χ1n) is 4.94. The minimum absolute atomic E-state index is 0.0137. The molecule has 0 aliphatic carbocycles. The lowest BCUT2D eigenvalue weighted by molar-refractivity contribution is -0.742. The van der Waals surface area contributed by atoms with E-state index >= 15 is 0 Å². The fraction of sp³-hybridized carbons (Fsp3) is 0.750. The average molecular weight is 233 g/mol. The molecule has 0 heterocycles. The Bertz CT molecular complexity index is 222. The van der Waals surface area contributed by atoms with E-state index in [1.165, 1.54) is 19.3 Å². The van der Waals surface area contributed by atoms with E-state index in [-0.39, 0.29) is 5.96 Å². The number of guanidine groups is 1. The largest absolute Gasteiger partial charge is 0.369 e. The molecule has 8 nitrogen and oxygen atoms in total. The first-order chi connectivity index (χ1) is 7.50. The van der Waals surface area contributed by atoms with E-state index in [0.29, 0.717) is 0 Å². The number of unbranched alkanes of at least 4 members (excludes halogenated alkanes) is 4. The minimum atomic E-state index is -1.50. The molecule has 0 fully saturated rings. The van der Waals surface area contributed by atoms with E-state index in [2.05, 4.69) is 17.1 Å². The summed E-state index contributed by atoms with van der Waals surface area (Å²) in [6.45, 7) is 2.19. The van der Waals surface area contributed by atoms with Crippen LogP contribution in [0.15, 0.2) is 10.2 Å². The number of nitrogens with two attached hydrogens (primary N) is 2. The Morgan fingerprint density at radius 3 is 2.44 bits per heavy atom. The molecule has 0 saturated heterocycles. The zero-order chi connectivity index (χ0) is 12.8. The number of nitrogens with zero attached hydrogens (tertiary/aromatic N) is 3. The molecule has 0 saturated carbocycles. The molecule has 0 aromatic carbocycles. The molecule has 0 aliphatic rings. The van der Waals surface area contributed by atoms with Gasteiger partial charge in [-0.2, -0.15) is 5.10 Å².